The maximum Gasteiger partial charge on any atom is 0.307 e. The summed E-state index contributed by atoms with van der Waals surface area (Å²) in [4.78, 5) is 15.3. The van der Waals surface area contributed by atoms with Crippen molar-refractivity contribution in [2.45, 2.75) is 13.0 Å². The number of nitrogens with two attached hydrogens (primary N) is 1. The molecule has 2 aromatic rings. The summed E-state index contributed by atoms with van der Waals surface area (Å²) in [5.74, 6) is 0.0108. The molecule has 6 heteroatoms. The molecule has 1 aromatic carbocycles. The summed E-state index contributed by atoms with van der Waals surface area (Å²) in [6.07, 6.45) is 0.211. The molecule has 92 valence electrons. The van der Waals surface area contributed by atoms with Gasteiger partial charge in [-0.1, -0.05) is 0 Å². The van der Waals surface area contributed by atoms with E-state index in [1.807, 2.05) is 0 Å². The first-order chi connectivity index (χ1) is 8.65. The molecule has 0 atom stereocenters. The molecule has 0 bridgehead atoms. The number of fused-ring (bicyclic) bond motifs is 1. The number of anilines is 1. The second kappa shape index (κ2) is 4.75. The van der Waals surface area contributed by atoms with Crippen LogP contribution in [0.2, 0.25) is 0 Å². The van der Waals surface area contributed by atoms with Gasteiger partial charge in [-0.2, -0.15) is 5.26 Å². The van der Waals surface area contributed by atoms with E-state index in [0.717, 1.165) is 5.52 Å². The summed E-state index contributed by atoms with van der Waals surface area (Å²) in [5, 5.41) is 8.87. The van der Waals surface area contributed by atoms with Gasteiger partial charge in [0.05, 0.1) is 36.2 Å². The number of hydrogen-bond acceptors (Lipinski definition) is 5. The molecule has 0 spiro atoms. The molecule has 18 heavy (non-hydrogen) atoms. The lowest BCUT2D eigenvalue weighted by molar-refractivity contribution is -0.140. The minimum atomic E-state index is -0.312. The van der Waals surface area contributed by atoms with Gasteiger partial charge < -0.3 is 15.0 Å². The first kappa shape index (κ1) is 11.9. The van der Waals surface area contributed by atoms with E-state index in [4.69, 9.17) is 11.0 Å². The quantitative estimate of drug-likeness (QED) is 0.814. The lowest BCUT2D eigenvalue weighted by Gasteiger charge is -2.05. The highest BCUT2D eigenvalue weighted by Crippen LogP contribution is 2.19. The van der Waals surface area contributed by atoms with Gasteiger partial charge in [-0.3, -0.25) is 4.79 Å². The van der Waals surface area contributed by atoms with Crippen LogP contribution in [0.3, 0.4) is 0 Å². The van der Waals surface area contributed by atoms with Gasteiger partial charge in [0.2, 0.25) is 5.95 Å². The molecule has 0 saturated carbocycles. The molecule has 0 unspecified atom stereocenters. The minimum Gasteiger partial charge on any atom is -0.469 e. The van der Waals surface area contributed by atoms with E-state index in [0.29, 0.717) is 23.6 Å². The first-order valence-electron chi connectivity index (χ1n) is 5.38. The minimum absolute atomic E-state index is 0.211. The van der Waals surface area contributed by atoms with Crippen LogP contribution in [0, 0.1) is 11.3 Å². The van der Waals surface area contributed by atoms with Crippen molar-refractivity contribution in [1.82, 2.24) is 9.55 Å². The van der Waals surface area contributed by atoms with Crippen molar-refractivity contribution in [1.29, 1.82) is 5.26 Å². The summed E-state index contributed by atoms with van der Waals surface area (Å²) in [7, 11) is 1.34. The zero-order chi connectivity index (χ0) is 13.1. The smallest absolute Gasteiger partial charge is 0.307 e. The number of hydrogen-bond donors (Lipinski definition) is 1. The number of nitrogens with zero attached hydrogens (tertiary/aromatic N) is 3. The van der Waals surface area contributed by atoms with Gasteiger partial charge in [-0.05, 0) is 18.2 Å². The van der Waals surface area contributed by atoms with Crippen LogP contribution >= 0.6 is 0 Å². The number of nitrogen functional groups attached to an aromatic ring is 1. The Labute approximate surface area is 104 Å². The number of benzene rings is 1. The molecule has 0 fully saturated rings. The summed E-state index contributed by atoms with van der Waals surface area (Å²) < 4.78 is 6.28. The van der Waals surface area contributed by atoms with Crippen LogP contribution in [0.15, 0.2) is 18.2 Å². The number of carbonyl (C=O) groups excluding carboxylic acids is 1. The number of esters is 1. The number of aromatic nitrogens is 2. The number of methoxy groups -OCH3 is 1. The molecule has 2 rings (SSSR count). The predicted octanol–water partition coefficient (Wildman–Crippen LogP) is 1.05. The molecular weight excluding hydrogens is 232 g/mol. The van der Waals surface area contributed by atoms with Gasteiger partial charge >= 0.3 is 5.97 Å². The van der Waals surface area contributed by atoms with Crippen molar-refractivity contribution in [2.75, 3.05) is 12.8 Å². The van der Waals surface area contributed by atoms with E-state index in [1.165, 1.54) is 7.11 Å². The highest BCUT2D eigenvalue weighted by molar-refractivity contribution is 5.80. The van der Waals surface area contributed by atoms with Crippen LogP contribution < -0.4 is 5.73 Å². The van der Waals surface area contributed by atoms with E-state index in [-0.39, 0.29) is 12.4 Å². The van der Waals surface area contributed by atoms with E-state index in [1.54, 1.807) is 22.8 Å². The van der Waals surface area contributed by atoms with Crippen LogP contribution in [0.1, 0.15) is 12.0 Å². The number of rotatable bonds is 3. The molecule has 6 nitrogen and oxygen atoms in total. The van der Waals surface area contributed by atoms with E-state index in [9.17, 15) is 4.79 Å². The average Bonchev–Trinajstić information content (AvgIpc) is 2.70. The Bertz CT molecular complexity index is 639. The normalized spacial score (nSPS) is 10.2. The Hall–Kier alpha value is -2.55. The third kappa shape index (κ3) is 2.11. The standard InChI is InChI=1S/C12H12N4O2/c1-18-11(17)4-5-16-10-6-8(7-13)2-3-9(10)15-12(16)14/h2-3,6H,4-5H2,1H3,(H2,14,15). The van der Waals surface area contributed by atoms with Crippen LogP contribution in [-0.2, 0) is 16.1 Å². The molecule has 2 N–H and O–H groups in total. The molecule has 0 aliphatic rings. The number of carbonyl (C=O) groups is 1. The molecule has 0 aliphatic heterocycles. The van der Waals surface area contributed by atoms with E-state index < -0.39 is 0 Å². The molecule has 1 aromatic heterocycles. The third-order valence-electron chi connectivity index (χ3n) is 2.67. The van der Waals surface area contributed by atoms with Crippen molar-refractivity contribution >= 4 is 23.0 Å². The van der Waals surface area contributed by atoms with Crippen molar-refractivity contribution in [3.63, 3.8) is 0 Å². The number of aryl methyl sites for hydroxylation is 1. The monoisotopic (exact) mass is 244 g/mol. The topological polar surface area (TPSA) is 93.9 Å². The van der Waals surface area contributed by atoms with Crippen molar-refractivity contribution < 1.29 is 9.53 Å². The SMILES string of the molecule is COC(=O)CCn1c(N)nc2ccc(C#N)cc21. The Morgan fingerprint density at radius 2 is 2.39 bits per heavy atom. The fourth-order valence-corrected chi connectivity index (χ4v) is 1.75. The third-order valence-corrected chi connectivity index (χ3v) is 2.67. The molecular formula is C12H12N4O2. The zero-order valence-corrected chi connectivity index (χ0v) is 9.88. The summed E-state index contributed by atoms with van der Waals surface area (Å²) in [6, 6.07) is 7.18. The maximum absolute atomic E-state index is 11.1. The summed E-state index contributed by atoms with van der Waals surface area (Å²) >= 11 is 0. The Morgan fingerprint density at radius 1 is 1.61 bits per heavy atom. The zero-order valence-electron chi connectivity index (χ0n) is 9.88. The van der Waals surface area contributed by atoms with Crippen LogP contribution in [0.5, 0.6) is 0 Å². The van der Waals surface area contributed by atoms with Crippen molar-refractivity contribution in [3.05, 3.63) is 23.8 Å². The Kier molecular flexibility index (Phi) is 3.15. The van der Waals surface area contributed by atoms with Gasteiger partial charge in [0.25, 0.3) is 0 Å². The molecule has 0 saturated heterocycles. The number of nitriles is 1. The van der Waals surface area contributed by atoms with Gasteiger partial charge in [0.15, 0.2) is 0 Å². The van der Waals surface area contributed by atoms with Gasteiger partial charge in [0, 0.05) is 6.54 Å². The largest absolute Gasteiger partial charge is 0.469 e. The number of imidazole rings is 1. The molecule has 0 radical (unpaired) electrons. The van der Waals surface area contributed by atoms with Crippen LogP contribution in [0.25, 0.3) is 11.0 Å². The summed E-state index contributed by atoms with van der Waals surface area (Å²) in [5.41, 5.74) is 7.77. The highest BCUT2D eigenvalue weighted by Gasteiger charge is 2.10. The predicted molar refractivity (Wildman–Crippen MR) is 65.5 cm³/mol. The van der Waals surface area contributed by atoms with Gasteiger partial charge in [0.1, 0.15) is 0 Å². The van der Waals surface area contributed by atoms with Crippen LogP contribution in [-0.4, -0.2) is 22.6 Å². The Balaban J connectivity index is 2.39. The number of ether oxygens (including phenoxy) is 1. The fourth-order valence-electron chi connectivity index (χ4n) is 1.75. The lowest BCUT2D eigenvalue weighted by atomic mass is 10.2. The highest BCUT2D eigenvalue weighted by atomic mass is 16.5. The summed E-state index contributed by atoms with van der Waals surface area (Å²) in [6.45, 7) is 0.379. The average molecular weight is 244 g/mol. The van der Waals surface area contributed by atoms with Gasteiger partial charge in [-0.25, -0.2) is 4.98 Å². The lowest BCUT2D eigenvalue weighted by Crippen LogP contribution is -2.09. The molecule has 1 heterocycles. The molecule has 0 aliphatic carbocycles. The van der Waals surface area contributed by atoms with Crippen LogP contribution in [0.4, 0.5) is 5.95 Å². The fraction of sp³-hybridized carbons (Fsp3) is 0.250. The molecule has 0 amide bonds. The van der Waals surface area contributed by atoms with E-state index in [2.05, 4.69) is 15.8 Å². The van der Waals surface area contributed by atoms with Gasteiger partial charge in [-0.15, -0.1) is 0 Å². The second-order valence-electron chi connectivity index (χ2n) is 3.76. The first-order valence-corrected chi connectivity index (χ1v) is 5.38. The van der Waals surface area contributed by atoms with E-state index >= 15 is 0 Å². The maximum atomic E-state index is 11.1. The second-order valence-corrected chi connectivity index (χ2v) is 3.76. The van der Waals surface area contributed by atoms with Crippen molar-refractivity contribution in [2.24, 2.45) is 0 Å². The Morgan fingerprint density at radius 3 is 3.06 bits per heavy atom. The van der Waals surface area contributed by atoms with Crippen molar-refractivity contribution in [3.8, 4) is 6.07 Å².